The summed E-state index contributed by atoms with van der Waals surface area (Å²) in [4.78, 5) is 17.0. The van der Waals surface area contributed by atoms with Crippen LogP contribution in [0.1, 0.15) is 52.7 Å². The van der Waals surface area contributed by atoms with Crippen LogP contribution in [-0.2, 0) is 17.6 Å². The first-order valence-corrected chi connectivity index (χ1v) is 8.58. The topological polar surface area (TPSA) is 29.5 Å². The zero-order valence-corrected chi connectivity index (χ0v) is 13.0. The number of rotatable bonds is 1. The molecule has 1 amide bonds. The molecule has 4 heteroatoms. The first-order chi connectivity index (χ1) is 9.74. The summed E-state index contributed by atoms with van der Waals surface area (Å²) in [6, 6.07) is 2.16. The molecule has 20 heavy (non-hydrogen) atoms. The highest BCUT2D eigenvalue weighted by Gasteiger charge is 2.24. The lowest BCUT2D eigenvalue weighted by molar-refractivity contribution is -0.0122. The van der Waals surface area contributed by atoms with Gasteiger partial charge in [0.15, 0.2) is 0 Å². The fourth-order valence-electron chi connectivity index (χ4n) is 3.11. The molecular formula is C16H23NO2S. The molecule has 1 aromatic rings. The number of fused-ring (bicyclic) bond motifs is 1. The third kappa shape index (κ3) is 3.07. The van der Waals surface area contributed by atoms with E-state index in [4.69, 9.17) is 4.74 Å². The maximum atomic E-state index is 12.6. The molecule has 110 valence electrons. The van der Waals surface area contributed by atoms with E-state index in [0.717, 1.165) is 30.8 Å². The monoisotopic (exact) mass is 293 g/mol. The van der Waals surface area contributed by atoms with Crippen molar-refractivity contribution in [3.63, 3.8) is 0 Å². The summed E-state index contributed by atoms with van der Waals surface area (Å²) in [5, 5.41) is 0. The van der Waals surface area contributed by atoms with Crippen molar-refractivity contribution in [2.24, 2.45) is 0 Å². The zero-order chi connectivity index (χ0) is 13.9. The number of ether oxygens (including phenoxy) is 1. The van der Waals surface area contributed by atoms with Gasteiger partial charge in [0.25, 0.3) is 5.91 Å². The predicted molar refractivity (Wildman–Crippen MR) is 81.5 cm³/mol. The van der Waals surface area contributed by atoms with Gasteiger partial charge < -0.3 is 9.64 Å². The van der Waals surface area contributed by atoms with Gasteiger partial charge >= 0.3 is 0 Å². The third-order valence-corrected chi connectivity index (χ3v) is 5.46. The van der Waals surface area contributed by atoms with Crippen molar-refractivity contribution >= 4 is 17.2 Å². The van der Waals surface area contributed by atoms with Gasteiger partial charge in [-0.25, -0.2) is 0 Å². The molecule has 0 bridgehead atoms. The molecular weight excluding hydrogens is 270 g/mol. The summed E-state index contributed by atoms with van der Waals surface area (Å²) in [6.45, 7) is 4.15. The third-order valence-electron chi connectivity index (χ3n) is 4.24. The first-order valence-electron chi connectivity index (χ1n) is 7.76. The molecule has 1 fully saturated rings. The highest BCUT2D eigenvalue weighted by molar-refractivity contribution is 7.14. The lowest BCUT2D eigenvalue weighted by Gasteiger charge is -2.30. The van der Waals surface area contributed by atoms with Crippen molar-refractivity contribution in [3.8, 4) is 0 Å². The van der Waals surface area contributed by atoms with E-state index in [1.165, 1.54) is 36.1 Å². The Balaban J connectivity index is 1.76. The Morgan fingerprint density at radius 1 is 1.30 bits per heavy atom. The molecule has 0 N–H and O–H groups in total. The van der Waals surface area contributed by atoms with E-state index >= 15 is 0 Å². The summed E-state index contributed by atoms with van der Waals surface area (Å²) >= 11 is 1.73. The summed E-state index contributed by atoms with van der Waals surface area (Å²) in [7, 11) is 0. The number of carbonyl (C=O) groups excluding carboxylic acids is 1. The minimum Gasteiger partial charge on any atom is -0.375 e. The molecule has 0 radical (unpaired) electrons. The van der Waals surface area contributed by atoms with Crippen LogP contribution in [0.15, 0.2) is 6.07 Å². The van der Waals surface area contributed by atoms with Gasteiger partial charge in [0.2, 0.25) is 0 Å². The van der Waals surface area contributed by atoms with Crippen molar-refractivity contribution in [1.82, 2.24) is 4.90 Å². The van der Waals surface area contributed by atoms with E-state index in [2.05, 4.69) is 6.07 Å². The molecule has 0 spiro atoms. The van der Waals surface area contributed by atoms with Gasteiger partial charge in [-0.05, 0) is 44.2 Å². The van der Waals surface area contributed by atoms with Crippen molar-refractivity contribution < 1.29 is 9.53 Å². The quantitative estimate of drug-likeness (QED) is 0.795. The summed E-state index contributed by atoms with van der Waals surface area (Å²) in [5.74, 6) is 0.205. The van der Waals surface area contributed by atoms with E-state index in [1.54, 1.807) is 11.3 Å². The molecule has 1 saturated heterocycles. The Bertz CT molecular complexity index is 457. The van der Waals surface area contributed by atoms with E-state index in [9.17, 15) is 4.79 Å². The smallest absolute Gasteiger partial charge is 0.264 e. The van der Waals surface area contributed by atoms with Gasteiger partial charge in [-0.1, -0.05) is 12.8 Å². The van der Waals surface area contributed by atoms with Crippen LogP contribution in [0.5, 0.6) is 0 Å². The standard InChI is InChI=1S/C16H23NO2S/c1-12-11-17(8-9-19-12)16(18)15-10-13-6-4-2-3-5-7-14(13)20-15/h10,12H,2-9,11H2,1H3. The van der Waals surface area contributed by atoms with Crippen molar-refractivity contribution in [2.75, 3.05) is 19.7 Å². The lowest BCUT2D eigenvalue weighted by Crippen LogP contribution is -2.44. The number of morpholine rings is 1. The number of aryl methyl sites for hydroxylation is 2. The Morgan fingerprint density at radius 2 is 2.10 bits per heavy atom. The van der Waals surface area contributed by atoms with Crippen molar-refractivity contribution in [1.29, 1.82) is 0 Å². The average Bonchev–Trinajstić information content (AvgIpc) is 2.80. The van der Waals surface area contributed by atoms with Gasteiger partial charge in [0.05, 0.1) is 17.6 Å². The number of hydrogen-bond acceptors (Lipinski definition) is 3. The number of hydrogen-bond donors (Lipinski definition) is 0. The zero-order valence-electron chi connectivity index (χ0n) is 12.2. The second-order valence-corrected chi connectivity index (χ2v) is 7.04. The second-order valence-electron chi connectivity index (χ2n) is 5.91. The Morgan fingerprint density at radius 3 is 2.90 bits per heavy atom. The number of amides is 1. The lowest BCUT2D eigenvalue weighted by atomic mass is 10.00. The predicted octanol–water partition coefficient (Wildman–Crippen LogP) is 3.27. The molecule has 1 unspecified atom stereocenters. The van der Waals surface area contributed by atoms with Crippen LogP contribution in [-0.4, -0.2) is 36.6 Å². The molecule has 3 rings (SSSR count). The molecule has 1 aliphatic carbocycles. The van der Waals surface area contributed by atoms with Gasteiger partial charge in [-0.2, -0.15) is 0 Å². The molecule has 3 nitrogen and oxygen atoms in total. The molecule has 2 heterocycles. The summed E-state index contributed by atoms with van der Waals surface area (Å²) in [5.41, 5.74) is 1.43. The number of carbonyl (C=O) groups is 1. The maximum absolute atomic E-state index is 12.6. The van der Waals surface area contributed by atoms with Gasteiger partial charge in [0.1, 0.15) is 0 Å². The largest absolute Gasteiger partial charge is 0.375 e. The van der Waals surface area contributed by atoms with Crippen LogP contribution in [0.4, 0.5) is 0 Å². The highest BCUT2D eigenvalue weighted by Crippen LogP contribution is 2.29. The van der Waals surface area contributed by atoms with Crippen LogP contribution in [0, 0.1) is 0 Å². The molecule has 2 aliphatic rings. The summed E-state index contributed by atoms with van der Waals surface area (Å²) in [6.07, 6.45) is 7.68. The van der Waals surface area contributed by atoms with Crippen LogP contribution in [0.3, 0.4) is 0 Å². The molecule has 0 aromatic carbocycles. The molecule has 0 saturated carbocycles. The fourth-order valence-corrected chi connectivity index (χ4v) is 4.33. The molecule has 1 atom stereocenters. The number of nitrogens with zero attached hydrogens (tertiary/aromatic N) is 1. The minimum atomic E-state index is 0.161. The molecule has 1 aliphatic heterocycles. The van der Waals surface area contributed by atoms with Crippen LogP contribution in [0.25, 0.3) is 0 Å². The maximum Gasteiger partial charge on any atom is 0.264 e. The summed E-state index contributed by atoms with van der Waals surface area (Å²) < 4.78 is 5.52. The molecule has 1 aromatic heterocycles. The van der Waals surface area contributed by atoms with Crippen molar-refractivity contribution in [2.45, 2.75) is 51.6 Å². The van der Waals surface area contributed by atoms with Gasteiger partial charge in [-0.15, -0.1) is 11.3 Å². The van der Waals surface area contributed by atoms with E-state index in [0.29, 0.717) is 6.61 Å². The fraction of sp³-hybridized carbons (Fsp3) is 0.688. The minimum absolute atomic E-state index is 0.161. The Kier molecular flexibility index (Phi) is 4.41. The van der Waals surface area contributed by atoms with Gasteiger partial charge in [0, 0.05) is 18.0 Å². The van der Waals surface area contributed by atoms with E-state index in [1.807, 2.05) is 11.8 Å². The van der Waals surface area contributed by atoms with Crippen molar-refractivity contribution in [3.05, 3.63) is 21.4 Å². The average molecular weight is 293 g/mol. The van der Waals surface area contributed by atoms with E-state index in [-0.39, 0.29) is 12.0 Å². The van der Waals surface area contributed by atoms with Crippen LogP contribution >= 0.6 is 11.3 Å². The SMILES string of the molecule is CC1CN(C(=O)c2cc3c(s2)CCCCCC3)CCO1. The normalized spacial score (nSPS) is 23.9. The van der Waals surface area contributed by atoms with Gasteiger partial charge in [-0.3, -0.25) is 4.79 Å². The van der Waals surface area contributed by atoms with Crippen LogP contribution in [0.2, 0.25) is 0 Å². The first kappa shape index (κ1) is 14.1. The van der Waals surface area contributed by atoms with Crippen LogP contribution < -0.4 is 0 Å². The second kappa shape index (κ2) is 6.27. The Labute approximate surface area is 124 Å². The highest BCUT2D eigenvalue weighted by atomic mass is 32.1. The Hall–Kier alpha value is -0.870. The van der Waals surface area contributed by atoms with E-state index < -0.39 is 0 Å². The number of thiophene rings is 1.